The van der Waals surface area contributed by atoms with Gasteiger partial charge < -0.3 is 24.2 Å². The number of amides is 1. The number of benzene rings is 2. The summed E-state index contributed by atoms with van der Waals surface area (Å²) >= 11 is 1.06. The van der Waals surface area contributed by atoms with Gasteiger partial charge in [-0.15, -0.1) is 0 Å². The molecule has 34 heavy (non-hydrogen) atoms. The maximum absolute atomic E-state index is 13.1. The summed E-state index contributed by atoms with van der Waals surface area (Å²) in [5, 5.41) is 9.61. The second-order valence-corrected chi connectivity index (χ2v) is 9.02. The molecule has 1 N–H and O–H groups in total. The number of rotatable bonds is 10. The zero-order valence-electron chi connectivity index (χ0n) is 19.4. The maximum Gasteiger partial charge on any atom is 0.326 e. The summed E-state index contributed by atoms with van der Waals surface area (Å²) in [5.41, 5.74) is 1.24. The van der Waals surface area contributed by atoms with Gasteiger partial charge in [0.25, 0.3) is 0 Å². The summed E-state index contributed by atoms with van der Waals surface area (Å²) in [7, 11) is 3.03. The smallest absolute Gasteiger partial charge is 0.326 e. The molecule has 0 bridgehead atoms. The summed E-state index contributed by atoms with van der Waals surface area (Å²) in [6.45, 7) is 1.84. The van der Waals surface area contributed by atoms with Crippen LogP contribution in [0.25, 0.3) is 0 Å². The van der Waals surface area contributed by atoms with Crippen LogP contribution in [0.3, 0.4) is 0 Å². The van der Waals surface area contributed by atoms with Crippen molar-refractivity contribution < 1.29 is 33.7 Å². The fourth-order valence-corrected chi connectivity index (χ4v) is 4.73. The van der Waals surface area contributed by atoms with Crippen molar-refractivity contribution in [3.63, 3.8) is 0 Å². The molecule has 2 aromatic rings. The number of hydrogen-bond acceptors (Lipinski definition) is 7. The Bertz CT molecular complexity index is 996. The average Bonchev–Trinajstić information content (AvgIpc) is 3.28. The third-order valence-corrected chi connectivity index (χ3v) is 6.79. The van der Waals surface area contributed by atoms with Crippen molar-refractivity contribution in [1.29, 1.82) is 0 Å². The van der Waals surface area contributed by atoms with Gasteiger partial charge in [-0.05, 0) is 6.07 Å². The minimum Gasteiger partial charge on any atom is -0.488 e. The van der Waals surface area contributed by atoms with Crippen LogP contribution in [0.15, 0.2) is 54.6 Å². The molecule has 8 nitrogen and oxygen atoms in total. The van der Waals surface area contributed by atoms with Crippen LogP contribution in [0.5, 0.6) is 5.75 Å². The normalized spacial score (nSPS) is 18.6. The van der Waals surface area contributed by atoms with Gasteiger partial charge in [-0.2, -0.15) is 0 Å². The summed E-state index contributed by atoms with van der Waals surface area (Å²) in [6.07, 6.45) is -0.987. The maximum atomic E-state index is 13.1. The molecule has 3 atom stereocenters. The SMILES string of the molecule is COC(OC)c1ccccc1OC1C[C@@H](C(=O)O)N(C(=O)C(C)CSC(=O)c2ccccc2)C1. The molecule has 1 saturated heterocycles. The highest BCUT2D eigenvalue weighted by Gasteiger charge is 2.42. The number of para-hydroxylation sites is 1. The van der Waals surface area contributed by atoms with Crippen LogP contribution in [0.1, 0.15) is 35.6 Å². The molecule has 1 aliphatic heterocycles. The first kappa shape index (κ1) is 25.7. The number of ether oxygens (including phenoxy) is 3. The molecule has 0 spiro atoms. The van der Waals surface area contributed by atoms with E-state index in [1.807, 2.05) is 18.2 Å². The number of methoxy groups -OCH3 is 2. The van der Waals surface area contributed by atoms with E-state index in [9.17, 15) is 19.5 Å². The van der Waals surface area contributed by atoms with Gasteiger partial charge >= 0.3 is 5.97 Å². The lowest BCUT2D eigenvalue weighted by Gasteiger charge is -2.24. The highest BCUT2D eigenvalue weighted by molar-refractivity contribution is 8.14. The minimum absolute atomic E-state index is 0.125. The topological polar surface area (TPSA) is 102 Å². The van der Waals surface area contributed by atoms with Crippen molar-refractivity contribution in [2.24, 2.45) is 5.92 Å². The summed E-state index contributed by atoms with van der Waals surface area (Å²) in [4.78, 5) is 38.7. The summed E-state index contributed by atoms with van der Waals surface area (Å²) < 4.78 is 16.8. The van der Waals surface area contributed by atoms with Crippen LogP contribution in [-0.4, -0.2) is 65.7 Å². The zero-order valence-corrected chi connectivity index (χ0v) is 20.2. The number of nitrogens with zero attached hydrogens (tertiary/aromatic N) is 1. The van der Waals surface area contributed by atoms with Crippen LogP contribution >= 0.6 is 11.8 Å². The second kappa shape index (κ2) is 12.0. The van der Waals surface area contributed by atoms with E-state index in [2.05, 4.69) is 0 Å². The van der Waals surface area contributed by atoms with Crippen LogP contribution in [-0.2, 0) is 19.1 Å². The first-order chi connectivity index (χ1) is 16.3. The first-order valence-electron chi connectivity index (χ1n) is 10.9. The lowest BCUT2D eigenvalue weighted by Crippen LogP contribution is -2.43. The van der Waals surface area contributed by atoms with Crippen molar-refractivity contribution in [1.82, 2.24) is 4.90 Å². The predicted octanol–water partition coefficient (Wildman–Crippen LogP) is 3.62. The number of carboxylic acids is 1. The number of likely N-dealkylation sites (tertiary alicyclic amines) is 1. The number of thioether (sulfide) groups is 1. The number of carboxylic acid groups (broad SMARTS) is 1. The molecule has 1 heterocycles. The lowest BCUT2D eigenvalue weighted by atomic mass is 10.1. The molecular formula is C25H29NO7S. The Hall–Kier alpha value is -2.88. The predicted molar refractivity (Wildman–Crippen MR) is 128 cm³/mol. The van der Waals surface area contributed by atoms with Crippen molar-refractivity contribution >= 4 is 28.8 Å². The highest BCUT2D eigenvalue weighted by atomic mass is 32.2. The first-order valence-corrected chi connectivity index (χ1v) is 11.9. The van der Waals surface area contributed by atoms with Gasteiger partial charge in [-0.25, -0.2) is 4.79 Å². The molecule has 3 rings (SSSR count). The molecule has 1 fully saturated rings. The molecule has 1 amide bonds. The van der Waals surface area contributed by atoms with Crippen molar-refractivity contribution in [3.05, 3.63) is 65.7 Å². The average molecular weight is 488 g/mol. The number of carbonyl (C=O) groups excluding carboxylic acids is 2. The standard InChI is InChI=1S/C25H29NO7S/c1-16(15-34-24(30)17-9-5-4-6-10-17)22(27)26-14-18(13-20(26)23(28)29)33-21-12-8-7-11-19(21)25(31-2)32-3/h4-12,16,18,20,25H,13-15H2,1-3H3,(H,28,29)/t16?,18?,20-/m0/s1. The van der Waals surface area contributed by atoms with Gasteiger partial charge in [0.15, 0.2) is 6.29 Å². The van der Waals surface area contributed by atoms with Gasteiger partial charge in [0, 0.05) is 43.4 Å². The van der Waals surface area contributed by atoms with E-state index in [0.717, 1.165) is 11.8 Å². The fraction of sp³-hybridized carbons (Fsp3) is 0.400. The molecule has 9 heteroatoms. The summed E-state index contributed by atoms with van der Waals surface area (Å²) in [6, 6.07) is 15.0. The number of hydrogen-bond donors (Lipinski definition) is 1. The minimum atomic E-state index is -1.08. The highest BCUT2D eigenvalue weighted by Crippen LogP contribution is 2.31. The third-order valence-electron chi connectivity index (χ3n) is 5.62. The van der Waals surface area contributed by atoms with E-state index in [-0.39, 0.29) is 29.7 Å². The Morgan fingerprint density at radius 1 is 1.06 bits per heavy atom. The molecule has 0 aromatic heterocycles. The Labute approximate surface area is 203 Å². The van der Waals surface area contributed by atoms with Gasteiger partial charge in [-0.3, -0.25) is 9.59 Å². The van der Waals surface area contributed by atoms with Crippen LogP contribution < -0.4 is 4.74 Å². The number of carbonyl (C=O) groups is 3. The van der Waals surface area contributed by atoms with E-state index in [4.69, 9.17) is 14.2 Å². The van der Waals surface area contributed by atoms with Crippen molar-refractivity contribution in [2.45, 2.75) is 31.8 Å². The second-order valence-electron chi connectivity index (χ2n) is 8.03. The molecule has 0 saturated carbocycles. The fourth-order valence-electron chi connectivity index (χ4n) is 3.89. The number of aliphatic carboxylic acids is 1. The van der Waals surface area contributed by atoms with Gasteiger partial charge in [-0.1, -0.05) is 67.2 Å². The van der Waals surface area contributed by atoms with E-state index < -0.39 is 30.3 Å². The monoisotopic (exact) mass is 487 g/mol. The Kier molecular flexibility index (Phi) is 9.09. The Morgan fingerprint density at radius 3 is 2.35 bits per heavy atom. The molecule has 0 radical (unpaired) electrons. The third kappa shape index (κ3) is 6.16. The molecule has 2 aromatic carbocycles. The van der Waals surface area contributed by atoms with Crippen LogP contribution in [0.2, 0.25) is 0 Å². The zero-order chi connectivity index (χ0) is 24.7. The van der Waals surface area contributed by atoms with E-state index >= 15 is 0 Å². The Balaban J connectivity index is 1.66. The Morgan fingerprint density at radius 2 is 1.71 bits per heavy atom. The summed E-state index contributed by atoms with van der Waals surface area (Å²) in [5.74, 6) is -1.16. The molecule has 1 aliphatic rings. The van der Waals surface area contributed by atoms with Gasteiger partial charge in [0.2, 0.25) is 11.0 Å². The lowest BCUT2D eigenvalue weighted by molar-refractivity contribution is -0.149. The molecule has 182 valence electrons. The van der Waals surface area contributed by atoms with E-state index in [1.54, 1.807) is 43.3 Å². The molecule has 2 unspecified atom stereocenters. The largest absolute Gasteiger partial charge is 0.488 e. The van der Waals surface area contributed by atoms with Gasteiger partial charge in [0.1, 0.15) is 17.9 Å². The van der Waals surface area contributed by atoms with E-state index in [0.29, 0.717) is 16.9 Å². The molecule has 0 aliphatic carbocycles. The quantitative estimate of drug-likeness (QED) is 0.507. The van der Waals surface area contributed by atoms with Crippen molar-refractivity contribution in [2.75, 3.05) is 26.5 Å². The molecular weight excluding hydrogens is 458 g/mol. The van der Waals surface area contributed by atoms with Crippen molar-refractivity contribution in [3.8, 4) is 5.75 Å². The van der Waals surface area contributed by atoms with Crippen LogP contribution in [0, 0.1) is 5.92 Å². The van der Waals surface area contributed by atoms with Gasteiger partial charge in [0.05, 0.1) is 6.54 Å². The van der Waals surface area contributed by atoms with Crippen LogP contribution in [0.4, 0.5) is 0 Å². The van der Waals surface area contributed by atoms with E-state index in [1.165, 1.54) is 19.1 Å².